The van der Waals surface area contributed by atoms with Crippen LogP contribution in [0.4, 0.5) is 4.39 Å². The van der Waals surface area contributed by atoms with Crippen LogP contribution in [0, 0.1) is 9.52 Å². The lowest BCUT2D eigenvalue weighted by molar-refractivity contribution is -0.155. The molecule has 0 radical (unpaired) electrons. The number of halogens is 3. The molecule has 2 rings (SSSR count). The molecule has 108 valence electrons. The SMILES string of the molecule is CC(C)(C)OC(=O)Cn1nc(I)c2c(F)c(Cl)ccc21. The molecule has 1 aromatic carbocycles. The van der Waals surface area contributed by atoms with Crippen LogP contribution in [0.5, 0.6) is 0 Å². The van der Waals surface area contributed by atoms with Gasteiger partial charge >= 0.3 is 5.97 Å². The van der Waals surface area contributed by atoms with E-state index in [1.165, 1.54) is 10.7 Å². The van der Waals surface area contributed by atoms with Crippen LogP contribution in [0.25, 0.3) is 10.9 Å². The van der Waals surface area contributed by atoms with Gasteiger partial charge in [-0.3, -0.25) is 9.48 Å². The minimum Gasteiger partial charge on any atom is -0.459 e. The van der Waals surface area contributed by atoms with Crippen LogP contribution >= 0.6 is 34.2 Å². The summed E-state index contributed by atoms with van der Waals surface area (Å²) in [4.78, 5) is 11.8. The van der Waals surface area contributed by atoms with Crippen molar-refractivity contribution >= 4 is 51.1 Å². The first kappa shape index (κ1) is 15.5. The fraction of sp³-hybridized carbons (Fsp3) is 0.385. The van der Waals surface area contributed by atoms with Crippen molar-refractivity contribution in [2.45, 2.75) is 32.9 Å². The average molecular weight is 411 g/mol. The molecule has 2 aromatic rings. The van der Waals surface area contributed by atoms with Crippen molar-refractivity contribution in [2.24, 2.45) is 0 Å². The molecule has 0 spiro atoms. The molecule has 0 atom stereocenters. The molecule has 0 amide bonds. The van der Waals surface area contributed by atoms with Crippen LogP contribution in [-0.2, 0) is 16.1 Å². The maximum absolute atomic E-state index is 14.0. The molecule has 0 fully saturated rings. The summed E-state index contributed by atoms with van der Waals surface area (Å²) in [6.07, 6.45) is 0. The summed E-state index contributed by atoms with van der Waals surface area (Å²) in [5.74, 6) is -0.947. The topological polar surface area (TPSA) is 44.1 Å². The van der Waals surface area contributed by atoms with E-state index < -0.39 is 17.4 Å². The molecular formula is C13H13ClFIN2O2. The lowest BCUT2D eigenvalue weighted by atomic mass is 10.2. The van der Waals surface area contributed by atoms with Crippen molar-refractivity contribution in [2.75, 3.05) is 0 Å². The van der Waals surface area contributed by atoms with Gasteiger partial charge in [0.25, 0.3) is 0 Å². The largest absolute Gasteiger partial charge is 0.459 e. The summed E-state index contributed by atoms with van der Waals surface area (Å²) in [6.45, 7) is 5.29. The van der Waals surface area contributed by atoms with Gasteiger partial charge < -0.3 is 4.74 Å². The van der Waals surface area contributed by atoms with Gasteiger partial charge in [-0.15, -0.1) is 0 Å². The van der Waals surface area contributed by atoms with E-state index in [-0.39, 0.29) is 11.6 Å². The zero-order valence-corrected chi connectivity index (χ0v) is 14.1. The molecule has 20 heavy (non-hydrogen) atoms. The second-order valence-electron chi connectivity index (χ2n) is 5.29. The molecule has 0 saturated heterocycles. The van der Waals surface area contributed by atoms with Gasteiger partial charge in [0.1, 0.15) is 15.8 Å². The molecule has 0 saturated carbocycles. The van der Waals surface area contributed by atoms with E-state index in [2.05, 4.69) is 5.10 Å². The predicted molar refractivity (Wildman–Crippen MR) is 83.3 cm³/mol. The molecule has 4 nitrogen and oxygen atoms in total. The van der Waals surface area contributed by atoms with E-state index in [9.17, 15) is 9.18 Å². The number of carbonyl (C=O) groups excluding carboxylic acids is 1. The Morgan fingerprint density at radius 2 is 2.15 bits per heavy atom. The first-order valence-corrected chi connectivity index (χ1v) is 7.36. The predicted octanol–water partition coefficient (Wildman–Crippen LogP) is 3.78. The molecule has 7 heteroatoms. The third-order valence-electron chi connectivity index (χ3n) is 2.46. The number of nitrogens with zero attached hydrogens (tertiary/aromatic N) is 2. The van der Waals surface area contributed by atoms with Crippen molar-refractivity contribution in [1.29, 1.82) is 0 Å². The summed E-state index contributed by atoms with van der Waals surface area (Å²) in [5, 5.41) is 4.52. The van der Waals surface area contributed by atoms with Crippen LogP contribution in [0.1, 0.15) is 20.8 Å². The van der Waals surface area contributed by atoms with Gasteiger partial charge in [-0.25, -0.2) is 4.39 Å². The molecule has 0 N–H and O–H groups in total. The van der Waals surface area contributed by atoms with E-state index in [4.69, 9.17) is 16.3 Å². The van der Waals surface area contributed by atoms with Crippen molar-refractivity contribution in [1.82, 2.24) is 9.78 Å². The first-order valence-electron chi connectivity index (χ1n) is 5.91. The fourth-order valence-corrected chi connectivity index (χ4v) is 2.71. The van der Waals surface area contributed by atoms with E-state index >= 15 is 0 Å². The number of rotatable bonds is 2. The van der Waals surface area contributed by atoms with E-state index in [1.807, 2.05) is 22.6 Å². The Balaban J connectivity index is 2.37. The Labute approximate surface area is 134 Å². The van der Waals surface area contributed by atoms with Gasteiger partial charge in [0, 0.05) is 0 Å². The monoisotopic (exact) mass is 410 g/mol. The minimum atomic E-state index is -0.568. The number of esters is 1. The van der Waals surface area contributed by atoms with Crippen LogP contribution in [0.15, 0.2) is 12.1 Å². The molecule has 0 bridgehead atoms. The van der Waals surface area contributed by atoms with E-state index in [0.29, 0.717) is 14.6 Å². The van der Waals surface area contributed by atoms with Gasteiger partial charge in [-0.05, 0) is 55.5 Å². The molecule has 0 aliphatic rings. The van der Waals surface area contributed by atoms with Crippen LogP contribution in [-0.4, -0.2) is 21.4 Å². The van der Waals surface area contributed by atoms with Gasteiger partial charge in [0.15, 0.2) is 5.82 Å². The van der Waals surface area contributed by atoms with Crippen molar-refractivity contribution < 1.29 is 13.9 Å². The number of carbonyl (C=O) groups is 1. The van der Waals surface area contributed by atoms with Crippen LogP contribution in [0.3, 0.4) is 0 Å². The average Bonchev–Trinajstić information content (AvgIpc) is 2.58. The maximum atomic E-state index is 14.0. The molecule has 0 unspecified atom stereocenters. The summed E-state index contributed by atoms with van der Waals surface area (Å²) in [7, 11) is 0. The zero-order valence-electron chi connectivity index (χ0n) is 11.2. The van der Waals surface area contributed by atoms with E-state index in [0.717, 1.165) is 0 Å². The lowest BCUT2D eigenvalue weighted by Crippen LogP contribution is -2.26. The second kappa shape index (κ2) is 5.48. The molecule has 1 heterocycles. The molecular weight excluding hydrogens is 398 g/mol. The van der Waals surface area contributed by atoms with Gasteiger partial charge in [0.2, 0.25) is 0 Å². The molecule has 1 aromatic heterocycles. The Morgan fingerprint density at radius 3 is 2.75 bits per heavy atom. The summed E-state index contributed by atoms with van der Waals surface area (Å²) >= 11 is 7.67. The van der Waals surface area contributed by atoms with Crippen LogP contribution in [0.2, 0.25) is 5.02 Å². The standard InChI is InChI=1S/C13H13ClFIN2O2/c1-13(2,3)20-9(19)6-18-8-5-4-7(14)11(15)10(8)12(16)17-18/h4-5H,6H2,1-3H3. The van der Waals surface area contributed by atoms with Gasteiger partial charge in [-0.2, -0.15) is 5.10 Å². The zero-order chi connectivity index (χ0) is 15.1. The normalized spacial score (nSPS) is 11.9. The Kier molecular flexibility index (Phi) is 4.24. The Bertz CT molecular complexity index is 679. The van der Waals surface area contributed by atoms with Gasteiger partial charge in [0.05, 0.1) is 15.9 Å². The third kappa shape index (κ3) is 3.22. The number of hydrogen-bond acceptors (Lipinski definition) is 3. The summed E-state index contributed by atoms with van der Waals surface area (Å²) in [5.41, 5.74) is -0.0518. The number of aromatic nitrogens is 2. The van der Waals surface area contributed by atoms with Crippen molar-refractivity contribution in [3.63, 3.8) is 0 Å². The minimum absolute atomic E-state index is 0.0345. The highest BCUT2D eigenvalue weighted by molar-refractivity contribution is 14.1. The third-order valence-corrected chi connectivity index (χ3v) is 3.51. The molecule has 0 aliphatic carbocycles. The highest BCUT2D eigenvalue weighted by atomic mass is 127. The lowest BCUT2D eigenvalue weighted by Gasteiger charge is -2.19. The second-order valence-corrected chi connectivity index (χ2v) is 6.72. The Morgan fingerprint density at radius 1 is 1.50 bits per heavy atom. The summed E-state index contributed by atoms with van der Waals surface area (Å²) < 4.78 is 21.1. The molecule has 0 aliphatic heterocycles. The number of hydrogen-bond donors (Lipinski definition) is 0. The first-order chi connectivity index (χ1) is 9.19. The smallest absolute Gasteiger partial charge is 0.328 e. The van der Waals surface area contributed by atoms with Crippen molar-refractivity contribution in [3.8, 4) is 0 Å². The number of ether oxygens (including phenoxy) is 1. The highest BCUT2D eigenvalue weighted by Gasteiger charge is 2.20. The van der Waals surface area contributed by atoms with Crippen LogP contribution < -0.4 is 0 Å². The highest BCUT2D eigenvalue weighted by Crippen LogP contribution is 2.28. The summed E-state index contributed by atoms with van der Waals surface area (Å²) in [6, 6.07) is 3.09. The number of benzene rings is 1. The number of fused-ring (bicyclic) bond motifs is 1. The van der Waals surface area contributed by atoms with Crippen molar-refractivity contribution in [3.05, 3.63) is 26.7 Å². The Hall–Kier alpha value is -0.890. The fourth-order valence-electron chi connectivity index (χ4n) is 1.78. The van der Waals surface area contributed by atoms with Gasteiger partial charge in [-0.1, -0.05) is 11.6 Å². The quantitative estimate of drug-likeness (QED) is 0.559. The van der Waals surface area contributed by atoms with E-state index in [1.54, 1.807) is 26.8 Å². The maximum Gasteiger partial charge on any atom is 0.328 e.